The maximum atomic E-state index is 12.5. The summed E-state index contributed by atoms with van der Waals surface area (Å²) in [5.74, 6) is 0.917. The number of methoxy groups -OCH3 is 1. The maximum Gasteiger partial charge on any atom is 0.226 e. The Morgan fingerprint density at radius 2 is 2.22 bits per heavy atom. The Hall–Kier alpha value is -0.870. The summed E-state index contributed by atoms with van der Waals surface area (Å²) in [5.41, 5.74) is 1.37. The number of amides is 1. The van der Waals surface area contributed by atoms with E-state index in [0.29, 0.717) is 18.2 Å². The number of rotatable bonds is 5. The first-order valence-electron chi connectivity index (χ1n) is 9.32. The quantitative estimate of drug-likeness (QED) is 0.729. The van der Waals surface area contributed by atoms with Gasteiger partial charge in [-0.05, 0) is 57.3 Å². The summed E-state index contributed by atoms with van der Waals surface area (Å²) in [5, 5.41) is 0. The van der Waals surface area contributed by atoms with E-state index in [-0.39, 0.29) is 5.60 Å². The molecule has 3 rings (SSSR count). The highest BCUT2D eigenvalue weighted by atomic mass is 16.5. The summed E-state index contributed by atoms with van der Waals surface area (Å²) in [6.07, 6.45) is 11.9. The molecule has 2 aliphatic heterocycles. The fourth-order valence-corrected chi connectivity index (χ4v) is 4.51. The zero-order chi connectivity index (χ0) is 16.1. The topological polar surface area (TPSA) is 38.8 Å². The summed E-state index contributed by atoms with van der Waals surface area (Å²) in [7, 11) is 1.77. The molecule has 4 nitrogen and oxygen atoms in total. The molecular formula is C19H31NO3. The minimum absolute atomic E-state index is 0.0133. The number of allylic oxidation sites excluding steroid dienone is 1. The molecular weight excluding hydrogens is 290 g/mol. The van der Waals surface area contributed by atoms with E-state index < -0.39 is 0 Å². The Balaban J connectivity index is 1.51. The van der Waals surface area contributed by atoms with Gasteiger partial charge in [0.25, 0.3) is 0 Å². The second kappa shape index (κ2) is 7.80. The van der Waals surface area contributed by atoms with E-state index in [1.165, 1.54) is 18.4 Å². The van der Waals surface area contributed by atoms with Gasteiger partial charge in [-0.25, -0.2) is 0 Å². The third-order valence-electron chi connectivity index (χ3n) is 6.00. The molecule has 23 heavy (non-hydrogen) atoms. The molecule has 130 valence electrons. The Labute approximate surface area is 140 Å². The van der Waals surface area contributed by atoms with Crippen LogP contribution in [0.15, 0.2) is 11.6 Å². The van der Waals surface area contributed by atoms with Gasteiger partial charge in [-0.1, -0.05) is 11.6 Å². The minimum atomic E-state index is 0.0133. The van der Waals surface area contributed by atoms with Gasteiger partial charge in [0, 0.05) is 39.8 Å². The van der Waals surface area contributed by atoms with E-state index in [2.05, 4.69) is 11.0 Å². The van der Waals surface area contributed by atoms with E-state index >= 15 is 0 Å². The molecule has 4 heteroatoms. The fourth-order valence-electron chi connectivity index (χ4n) is 4.51. The van der Waals surface area contributed by atoms with Crippen LogP contribution in [0.4, 0.5) is 0 Å². The SMILES string of the molecule is COCC[C@H]1CCOC12CCN(C(=O)CC1=CCCCC1)CC2. The van der Waals surface area contributed by atoms with Crippen molar-refractivity contribution >= 4 is 5.91 Å². The van der Waals surface area contributed by atoms with Crippen LogP contribution in [0.5, 0.6) is 0 Å². The van der Waals surface area contributed by atoms with Crippen LogP contribution >= 0.6 is 0 Å². The monoisotopic (exact) mass is 321 g/mol. The molecule has 0 aromatic rings. The van der Waals surface area contributed by atoms with Crippen molar-refractivity contribution < 1.29 is 14.3 Å². The second-order valence-electron chi connectivity index (χ2n) is 7.35. The summed E-state index contributed by atoms with van der Waals surface area (Å²) < 4.78 is 11.4. The number of hydrogen-bond acceptors (Lipinski definition) is 3. The van der Waals surface area contributed by atoms with Crippen molar-refractivity contribution in [3.8, 4) is 0 Å². The summed E-state index contributed by atoms with van der Waals surface area (Å²) in [6, 6.07) is 0. The molecule has 2 fully saturated rings. The lowest BCUT2D eigenvalue weighted by molar-refractivity contribution is -0.137. The molecule has 0 radical (unpaired) electrons. The molecule has 0 aromatic carbocycles. The Morgan fingerprint density at radius 3 is 2.91 bits per heavy atom. The first-order chi connectivity index (χ1) is 11.2. The van der Waals surface area contributed by atoms with Crippen LogP contribution in [0.1, 0.15) is 57.8 Å². The van der Waals surface area contributed by atoms with E-state index in [4.69, 9.17) is 9.47 Å². The standard InChI is InChI=1S/C19H31NO3/c1-22-13-7-17-8-14-23-19(17)9-11-20(12-10-19)18(21)15-16-5-3-2-4-6-16/h5,17H,2-4,6-15H2,1H3/t17-/m0/s1. The van der Waals surface area contributed by atoms with Crippen LogP contribution in [-0.2, 0) is 14.3 Å². The van der Waals surface area contributed by atoms with Gasteiger partial charge in [0.2, 0.25) is 5.91 Å². The van der Waals surface area contributed by atoms with Gasteiger partial charge >= 0.3 is 0 Å². The van der Waals surface area contributed by atoms with Crippen molar-refractivity contribution in [1.29, 1.82) is 0 Å². The summed E-state index contributed by atoms with van der Waals surface area (Å²) in [4.78, 5) is 14.6. The van der Waals surface area contributed by atoms with Crippen LogP contribution in [0.3, 0.4) is 0 Å². The number of carbonyl (C=O) groups excluding carboxylic acids is 1. The van der Waals surface area contributed by atoms with Crippen LogP contribution < -0.4 is 0 Å². The average molecular weight is 321 g/mol. The molecule has 0 N–H and O–H groups in total. The van der Waals surface area contributed by atoms with Crippen LogP contribution in [0, 0.1) is 5.92 Å². The number of carbonyl (C=O) groups is 1. The minimum Gasteiger partial charge on any atom is -0.385 e. The third kappa shape index (κ3) is 3.97. The van der Waals surface area contributed by atoms with Crippen molar-refractivity contribution in [2.75, 3.05) is 33.4 Å². The lowest BCUT2D eigenvalue weighted by Gasteiger charge is -2.42. The highest BCUT2D eigenvalue weighted by Gasteiger charge is 2.46. The van der Waals surface area contributed by atoms with Crippen LogP contribution in [0.25, 0.3) is 0 Å². The largest absolute Gasteiger partial charge is 0.385 e. The van der Waals surface area contributed by atoms with Gasteiger partial charge in [-0.2, -0.15) is 0 Å². The second-order valence-corrected chi connectivity index (χ2v) is 7.35. The van der Waals surface area contributed by atoms with Crippen molar-refractivity contribution in [1.82, 2.24) is 4.90 Å². The molecule has 1 spiro atoms. The molecule has 2 saturated heterocycles. The Bertz CT molecular complexity index is 438. The zero-order valence-corrected chi connectivity index (χ0v) is 14.5. The first-order valence-corrected chi connectivity index (χ1v) is 9.32. The van der Waals surface area contributed by atoms with Gasteiger partial charge in [0.15, 0.2) is 0 Å². The van der Waals surface area contributed by atoms with E-state index in [9.17, 15) is 4.79 Å². The number of nitrogens with zero attached hydrogens (tertiary/aromatic N) is 1. The first kappa shape index (κ1) is 17.0. The lowest BCUT2D eigenvalue weighted by Crippen LogP contribution is -2.49. The van der Waals surface area contributed by atoms with Crippen LogP contribution in [0.2, 0.25) is 0 Å². The number of piperidine rings is 1. The van der Waals surface area contributed by atoms with Crippen molar-refractivity contribution in [2.24, 2.45) is 5.92 Å². The van der Waals surface area contributed by atoms with Gasteiger partial charge in [0.1, 0.15) is 0 Å². The van der Waals surface area contributed by atoms with E-state index in [0.717, 1.165) is 64.8 Å². The maximum absolute atomic E-state index is 12.5. The summed E-state index contributed by atoms with van der Waals surface area (Å²) >= 11 is 0. The molecule has 1 aliphatic carbocycles. The number of hydrogen-bond donors (Lipinski definition) is 0. The molecule has 0 unspecified atom stereocenters. The van der Waals surface area contributed by atoms with Crippen molar-refractivity contribution in [3.05, 3.63) is 11.6 Å². The van der Waals surface area contributed by atoms with Gasteiger partial charge in [0.05, 0.1) is 5.60 Å². The molecule has 0 saturated carbocycles. The Kier molecular flexibility index (Phi) is 5.76. The molecule has 3 aliphatic rings. The highest BCUT2D eigenvalue weighted by Crippen LogP contribution is 2.42. The number of likely N-dealkylation sites (tertiary alicyclic amines) is 1. The van der Waals surface area contributed by atoms with Gasteiger partial charge in [-0.3, -0.25) is 4.79 Å². The van der Waals surface area contributed by atoms with Crippen molar-refractivity contribution in [2.45, 2.75) is 63.4 Å². The fraction of sp³-hybridized carbons (Fsp3) is 0.842. The smallest absolute Gasteiger partial charge is 0.226 e. The molecule has 0 bridgehead atoms. The summed E-state index contributed by atoms with van der Waals surface area (Å²) in [6.45, 7) is 3.40. The predicted octanol–water partition coefficient (Wildman–Crippen LogP) is 3.31. The van der Waals surface area contributed by atoms with Gasteiger partial charge < -0.3 is 14.4 Å². The molecule has 2 heterocycles. The Morgan fingerprint density at radius 1 is 1.39 bits per heavy atom. The van der Waals surface area contributed by atoms with E-state index in [1.807, 2.05) is 0 Å². The zero-order valence-electron chi connectivity index (χ0n) is 14.5. The van der Waals surface area contributed by atoms with Crippen LogP contribution in [-0.4, -0.2) is 49.8 Å². The van der Waals surface area contributed by atoms with Crippen molar-refractivity contribution in [3.63, 3.8) is 0 Å². The molecule has 1 atom stereocenters. The normalized spacial score (nSPS) is 27.3. The highest BCUT2D eigenvalue weighted by molar-refractivity contribution is 5.78. The third-order valence-corrected chi connectivity index (χ3v) is 6.00. The van der Waals surface area contributed by atoms with E-state index in [1.54, 1.807) is 7.11 Å². The van der Waals surface area contributed by atoms with Gasteiger partial charge in [-0.15, -0.1) is 0 Å². The molecule has 0 aromatic heterocycles. The number of ether oxygens (including phenoxy) is 2. The molecule has 1 amide bonds. The predicted molar refractivity (Wildman–Crippen MR) is 90.3 cm³/mol. The average Bonchev–Trinajstić information content (AvgIpc) is 2.96. The lowest BCUT2D eigenvalue weighted by atomic mass is 9.78.